The largest absolute Gasteiger partial charge is 0.339 e. The van der Waals surface area contributed by atoms with Crippen LogP contribution in [0, 0.1) is 0 Å². The van der Waals surface area contributed by atoms with E-state index >= 15 is 0 Å². The molecule has 1 rings (SSSR count). The topological polar surface area (TPSA) is 67.2 Å². The lowest BCUT2D eigenvalue weighted by molar-refractivity contribution is -0.131. The highest BCUT2D eigenvalue weighted by Gasteiger charge is 2.22. The highest BCUT2D eigenvalue weighted by molar-refractivity contribution is 5.96. The molecule has 1 heterocycles. The van der Waals surface area contributed by atoms with Crippen molar-refractivity contribution in [2.24, 2.45) is 7.05 Å². The summed E-state index contributed by atoms with van der Waals surface area (Å²) in [5, 5.41) is 6.94. The highest BCUT2D eigenvalue weighted by atomic mass is 16.2. The summed E-state index contributed by atoms with van der Waals surface area (Å²) < 4.78 is 1.52. The van der Waals surface area contributed by atoms with E-state index in [9.17, 15) is 9.59 Å². The van der Waals surface area contributed by atoms with Gasteiger partial charge in [0.05, 0.1) is 5.69 Å². The first-order chi connectivity index (χ1) is 10.4. The van der Waals surface area contributed by atoms with Crippen LogP contribution in [0.15, 0.2) is 31.4 Å². The lowest BCUT2D eigenvalue weighted by atomic mass is 10.2. The lowest BCUT2D eigenvalue weighted by Crippen LogP contribution is -2.47. The van der Waals surface area contributed by atoms with Crippen molar-refractivity contribution < 1.29 is 9.59 Å². The molecular formula is C16H24N4O2. The third-order valence-corrected chi connectivity index (χ3v) is 3.25. The molecule has 0 radical (unpaired) electrons. The zero-order valence-electron chi connectivity index (χ0n) is 13.5. The molecule has 1 atom stereocenters. The number of hydrogen-bond donors (Lipinski definition) is 1. The monoisotopic (exact) mass is 304 g/mol. The molecule has 1 aromatic rings. The van der Waals surface area contributed by atoms with Crippen LogP contribution in [0.5, 0.6) is 0 Å². The molecule has 0 aliphatic heterocycles. The zero-order chi connectivity index (χ0) is 16.7. The van der Waals surface area contributed by atoms with Crippen LogP contribution in [0.2, 0.25) is 0 Å². The van der Waals surface area contributed by atoms with Crippen LogP contribution in [0.25, 0.3) is 0 Å². The molecule has 0 bridgehead atoms. The van der Waals surface area contributed by atoms with Gasteiger partial charge in [0.25, 0.3) is 5.91 Å². The molecular weight excluding hydrogens is 280 g/mol. The molecule has 1 unspecified atom stereocenters. The molecule has 120 valence electrons. The maximum absolute atomic E-state index is 12.3. The summed E-state index contributed by atoms with van der Waals surface area (Å²) in [5.74, 6) is -0.487. The summed E-state index contributed by atoms with van der Waals surface area (Å²) in [6, 6.07) is 1.10. The minimum atomic E-state index is -0.632. The average molecular weight is 304 g/mol. The number of amides is 2. The highest BCUT2D eigenvalue weighted by Crippen LogP contribution is 2.05. The Kier molecular flexibility index (Phi) is 6.56. The number of hydrogen-bond acceptors (Lipinski definition) is 3. The van der Waals surface area contributed by atoms with E-state index in [0.29, 0.717) is 18.8 Å². The maximum Gasteiger partial charge on any atom is 0.270 e. The van der Waals surface area contributed by atoms with E-state index in [0.717, 1.165) is 12.1 Å². The van der Waals surface area contributed by atoms with Crippen LogP contribution in [-0.4, -0.2) is 45.6 Å². The van der Waals surface area contributed by atoms with E-state index in [2.05, 4.69) is 23.6 Å². The lowest BCUT2D eigenvalue weighted by Gasteiger charge is -2.23. The smallest absolute Gasteiger partial charge is 0.270 e. The molecule has 0 aliphatic carbocycles. The first kappa shape index (κ1) is 17.7. The molecule has 2 amide bonds. The van der Waals surface area contributed by atoms with E-state index in [1.54, 1.807) is 37.1 Å². The van der Waals surface area contributed by atoms with Gasteiger partial charge in [0.1, 0.15) is 11.7 Å². The van der Waals surface area contributed by atoms with E-state index < -0.39 is 6.04 Å². The average Bonchev–Trinajstić information content (AvgIpc) is 2.87. The van der Waals surface area contributed by atoms with E-state index in [4.69, 9.17) is 0 Å². The number of nitrogens with one attached hydrogen (secondary N) is 1. The molecule has 0 spiro atoms. The van der Waals surface area contributed by atoms with Crippen molar-refractivity contribution in [3.8, 4) is 0 Å². The standard InChI is InChI=1S/C16H24N4O2/c1-6-9-20(10-7-2)16(22)12(4)17-15(21)14-11-13(8-3)18-19(14)5/h6-7,11-12H,1-2,8-10H2,3-5H3,(H,17,21). The van der Waals surface area contributed by atoms with E-state index in [1.807, 2.05) is 6.92 Å². The zero-order valence-corrected chi connectivity index (χ0v) is 13.5. The Morgan fingerprint density at radius 1 is 1.41 bits per heavy atom. The Bertz CT molecular complexity index is 552. The van der Waals surface area contributed by atoms with Crippen molar-refractivity contribution in [3.05, 3.63) is 42.8 Å². The third-order valence-electron chi connectivity index (χ3n) is 3.25. The quantitative estimate of drug-likeness (QED) is 0.736. The fourth-order valence-electron chi connectivity index (χ4n) is 2.08. The predicted octanol–water partition coefficient (Wildman–Crippen LogP) is 1.30. The van der Waals surface area contributed by atoms with Crippen molar-refractivity contribution in [2.75, 3.05) is 13.1 Å². The first-order valence-electron chi connectivity index (χ1n) is 7.28. The van der Waals surface area contributed by atoms with Crippen LogP contribution in [0.1, 0.15) is 30.0 Å². The van der Waals surface area contributed by atoms with Crippen molar-refractivity contribution in [3.63, 3.8) is 0 Å². The Morgan fingerprint density at radius 3 is 2.45 bits per heavy atom. The predicted molar refractivity (Wildman–Crippen MR) is 86.5 cm³/mol. The molecule has 6 heteroatoms. The number of nitrogens with zero attached hydrogens (tertiary/aromatic N) is 3. The molecule has 1 aromatic heterocycles. The molecule has 0 aromatic carbocycles. The molecule has 0 saturated carbocycles. The molecule has 6 nitrogen and oxygen atoms in total. The van der Waals surface area contributed by atoms with Crippen molar-refractivity contribution >= 4 is 11.8 Å². The van der Waals surface area contributed by atoms with Gasteiger partial charge in [-0.1, -0.05) is 19.1 Å². The van der Waals surface area contributed by atoms with Crippen LogP contribution in [0.3, 0.4) is 0 Å². The van der Waals surface area contributed by atoms with Crippen molar-refractivity contribution in [1.82, 2.24) is 20.0 Å². The Balaban J connectivity index is 2.77. The van der Waals surface area contributed by atoms with Crippen molar-refractivity contribution in [2.45, 2.75) is 26.3 Å². The van der Waals surface area contributed by atoms with Crippen molar-refractivity contribution in [1.29, 1.82) is 0 Å². The van der Waals surface area contributed by atoms with Gasteiger partial charge >= 0.3 is 0 Å². The molecule has 0 aliphatic rings. The van der Waals surface area contributed by atoms with Gasteiger partial charge in [-0.25, -0.2) is 0 Å². The second-order valence-electron chi connectivity index (χ2n) is 5.01. The third kappa shape index (κ3) is 4.31. The van der Waals surface area contributed by atoms with Crippen LogP contribution in [-0.2, 0) is 18.3 Å². The van der Waals surface area contributed by atoms with Gasteiger partial charge in [-0.15, -0.1) is 13.2 Å². The summed E-state index contributed by atoms with van der Waals surface area (Å²) in [5.41, 5.74) is 1.28. The van der Waals surface area contributed by atoms with Gasteiger partial charge in [0.15, 0.2) is 0 Å². The SMILES string of the molecule is C=CCN(CC=C)C(=O)C(C)NC(=O)c1cc(CC)nn1C. The van der Waals surface area contributed by atoms with Gasteiger partial charge in [0.2, 0.25) is 5.91 Å². The van der Waals surface area contributed by atoms with Gasteiger partial charge < -0.3 is 10.2 Å². The number of carbonyl (C=O) groups excluding carboxylic acids is 2. The fraction of sp³-hybridized carbons (Fsp3) is 0.438. The molecule has 0 fully saturated rings. The number of carbonyl (C=O) groups is 2. The minimum absolute atomic E-state index is 0.175. The Morgan fingerprint density at radius 2 is 2.00 bits per heavy atom. The van der Waals surface area contributed by atoms with Gasteiger partial charge in [0, 0.05) is 20.1 Å². The van der Waals surface area contributed by atoms with E-state index in [1.165, 1.54) is 4.68 Å². The Hall–Kier alpha value is -2.37. The van der Waals surface area contributed by atoms with Crippen LogP contribution in [0.4, 0.5) is 0 Å². The second-order valence-corrected chi connectivity index (χ2v) is 5.01. The van der Waals surface area contributed by atoms with Gasteiger partial charge in [-0.3, -0.25) is 14.3 Å². The summed E-state index contributed by atoms with van der Waals surface area (Å²) in [6.45, 7) is 11.7. The van der Waals surface area contributed by atoms with E-state index in [-0.39, 0.29) is 11.8 Å². The summed E-state index contributed by atoms with van der Waals surface area (Å²) in [7, 11) is 1.71. The number of rotatable bonds is 8. The Labute approximate surface area is 131 Å². The number of aryl methyl sites for hydroxylation is 2. The van der Waals surface area contributed by atoms with Crippen LogP contribution < -0.4 is 5.32 Å². The molecule has 22 heavy (non-hydrogen) atoms. The van der Waals surface area contributed by atoms with Gasteiger partial charge in [-0.05, 0) is 19.4 Å². The first-order valence-corrected chi connectivity index (χ1v) is 7.28. The molecule has 1 N–H and O–H groups in total. The van der Waals surface area contributed by atoms with Gasteiger partial charge in [-0.2, -0.15) is 5.10 Å². The second kappa shape index (κ2) is 8.17. The fourth-order valence-corrected chi connectivity index (χ4v) is 2.08. The summed E-state index contributed by atoms with van der Waals surface area (Å²) in [4.78, 5) is 26.2. The summed E-state index contributed by atoms with van der Waals surface area (Å²) in [6.07, 6.45) is 4.04. The molecule has 0 saturated heterocycles. The summed E-state index contributed by atoms with van der Waals surface area (Å²) >= 11 is 0. The number of aromatic nitrogens is 2. The maximum atomic E-state index is 12.3. The normalized spacial score (nSPS) is 11.6. The van der Waals surface area contributed by atoms with Crippen LogP contribution >= 0.6 is 0 Å². The minimum Gasteiger partial charge on any atom is -0.339 e.